The van der Waals surface area contributed by atoms with Gasteiger partial charge in [-0.2, -0.15) is 0 Å². The van der Waals surface area contributed by atoms with E-state index in [4.69, 9.17) is 0 Å². The Kier molecular flexibility index (Phi) is 15.0. The lowest BCUT2D eigenvalue weighted by atomic mass is 10.1. The molecule has 0 aliphatic carbocycles. The van der Waals surface area contributed by atoms with Crippen molar-refractivity contribution < 1.29 is 0 Å². The van der Waals surface area contributed by atoms with E-state index in [1.807, 2.05) is 0 Å². The van der Waals surface area contributed by atoms with Crippen molar-refractivity contribution in [2.75, 3.05) is 0 Å². The van der Waals surface area contributed by atoms with Crippen LogP contribution in [-0.2, 0) is 0 Å². The van der Waals surface area contributed by atoms with Gasteiger partial charge in [0.25, 0.3) is 0 Å². The largest absolute Gasteiger partial charge is 0.0885 e. The van der Waals surface area contributed by atoms with Crippen molar-refractivity contribution in [3.8, 4) is 0 Å². The van der Waals surface area contributed by atoms with Crippen molar-refractivity contribution in [1.82, 2.24) is 0 Å². The maximum atomic E-state index is 3.86. The minimum Gasteiger partial charge on any atom is -0.0885 e. The van der Waals surface area contributed by atoms with Crippen molar-refractivity contribution in [3.63, 3.8) is 0 Å². The first kappa shape index (κ1) is 16.5. The average molecular weight is 235 g/mol. The van der Waals surface area contributed by atoms with Crippen molar-refractivity contribution in [2.45, 2.75) is 77.6 Å². The Morgan fingerprint density at radius 2 is 1.18 bits per heavy atom. The zero-order valence-electron chi connectivity index (χ0n) is 11.8. The minimum absolute atomic E-state index is 1.10. The molecule has 0 rings (SSSR count). The smallest absolute Gasteiger partial charge is 0.0316 e. The van der Waals surface area contributed by atoms with Gasteiger partial charge in [-0.3, -0.25) is 0 Å². The van der Waals surface area contributed by atoms with Crippen LogP contribution in [0.2, 0.25) is 0 Å². The van der Waals surface area contributed by atoms with Gasteiger partial charge in [0.05, 0.1) is 0 Å². The van der Waals surface area contributed by atoms with Crippen molar-refractivity contribution in [1.29, 1.82) is 0 Å². The molecule has 0 saturated carbocycles. The first-order valence-corrected chi connectivity index (χ1v) is 7.51. The molecule has 0 fully saturated rings. The van der Waals surface area contributed by atoms with Crippen LogP contribution in [-0.4, -0.2) is 0 Å². The molecule has 0 nitrogen and oxygen atoms in total. The lowest BCUT2D eigenvalue weighted by Gasteiger charge is -1.97. The summed E-state index contributed by atoms with van der Waals surface area (Å²) in [5, 5.41) is 0. The van der Waals surface area contributed by atoms with E-state index in [0.717, 1.165) is 6.42 Å². The molecule has 0 heteroatoms. The van der Waals surface area contributed by atoms with E-state index in [2.05, 4.69) is 38.2 Å². The van der Waals surface area contributed by atoms with E-state index in [1.165, 1.54) is 64.2 Å². The Labute approximate surface area is 109 Å². The van der Waals surface area contributed by atoms with Gasteiger partial charge in [-0.25, -0.2) is 0 Å². The van der Waals surface area contributed by atoms with Crippen LogP contribution in [0.25, 0.3) is 0 Å². The van der Waals surface area contributed by atoms with Crippen molar-refractivity contribution in [2.24, 2.45) is 0 Å². The van der Waals surface area contributed by atoms with Gasteiger partial charge in [0.2, 0.25) is 0 Å². The molecule has 0 amide bonds. The van der Waals surface area contributed by atoms with Crippen molar-refractivity contribution >= 4 is 0 Å². The summed E-state index contributed by atoms with van der Waals surface area (Å²) in [5.74, 6) is 0. The van der Waals surface area contributed by atoms with Gasteiger partial charge >= 0.3 is 0 Å². The van der Waals surface area contributed by atoms with Gasteiger partial charge in [-0.1, -0.05) is 76.7 Å². The molecule has 99 valence electrons. The molecule has 17 heavy (non-hydrogen) atoms. The molecule has 0 saturated heterocycles. The Morgan fingerprint density at radius 3 is 1.82 bits per heavy atom. The van der Waals surface area contributed by atoms with E-state index < -0.39 is 0 Å². The monoisotopic (exact) mass is 235 g/mol. The van der Waals surface area contributed by atoms with Crippen LogP contribution in [0.3, 0.4) is 0 Å². The molecule has 0 unspecified atom stereocenters. The normalized spacial score (nSPS) is 11.9. The molecule has 1 radical (unpaired) electrons. The standard InChI is InChI=1S/C17H31/c1-3-5-7-9-11-13-15-17-16-14-12-10-8-6-4-2/h8,10,16-17H,1,3-7,9,11-15H2,2H3. The Morgan fingerprint density at radius 1 is 0.647 bits per heavy atom. The van der Waals surface area contributed by atoms with Crippen LogP contribution >= 0.6 is 0 Å². The predicted molar refractivity (Wildman–Crippen MR) is 80.1 cm³/mol. The molecule has 0 aromatic carbocycles. The Hall–Kier alpha value is -0.520. The van der Waals surface area contributed by atoms with Crippen LogP contribution in [0, 0.1) is 6.92 Å². The second kappa shape index (κ2) is 15.5. The predicted octanol–water partition coefficient (Wildman–Crippen LogP) is 6.24. The highest BCUT2D eigenvalue weighted by Crippen LogP contribution is 2.07. The third-order valence-corrected chi connectivity index (χ3v) is 2.91. The zero-order chi connectivity index (χ0) is 12.6. The Bertz CT molecular complexity index is 176. The van der Waals surface area contributed by atoms with E-state index >= 15 is 0 Å². The van der Waals surface area contributed by atoms with Crippen LogP contribution in [0.5, 0.6) is 0 Å². The number of hydrogen-bond acceptors (Lipinski definition) is 0. The Balaban J connectivity index is 3.09. The van der Waals surface area contributed by atoms with Gasteiger partial charge in [-0.15, -0.1) is 0 Å². The minimum atomic E-state index is 1.10. The van der Waals surface area contributed by atoms with Gasteiger partial charge in [-0.05, 0) is 32.1 Å². The molecular formula is C17H31. The molecule has 0 aliphatic heterocycles. The van der Waals surface area contributed by atoms with Crippen LogP contribution in [0.4, 0.5) is 0 Å². The van der Waals surface area contributed by atoms with E-state index in [9.17, 15) is 0 Å². The average Bonchev–Trinajstić information content (AvgIpc) is 2.35. The van der Waals surface area contributed by atoms with Crippen LogP contribution < -0.4 is 0 Å². The molecule has 0 heterocycles. The second-order valence-electron chi connectivity index (χ2n) is 4.72. The molecular weight excluding hydrogens is 204 g/mol. The molecule has 0 N–H and O–H groups in total. The maximum Gasteiger partial charge on any atom is -0.0316 e. The summed E-state index contributed by atoms with van der Waals surface area (Å²) in [6, 6.07) is 0. The van der Waals surface area contributed by atoms with Crippen LogP contribution in [0.15, 0.2) is 24.3 Å². The molecule has 0 atom stereocenters. The fourth-order valence-electron chi connectivity index (χ4n) is 1.80. The third-order valence-electron chi connectivity index (χ3n) is 2.91. The van der Waals surface area contributed by atoms with Gasteiger partial charge < -0.3 is 0 Å². The molecule has 0 spiro atoms. The summed E-state index contributed by atoms with van der Waals surface area (Å²) >= 11 is 0. The van der Waals surface area contributed by atoms with Gasteiger partial charge in [0, 0.05) is 0 Å². The summed E-state index contributed by atoms with van der Waals surface area (Å²) < 4.78 is 0. The summed E-state index contributed by atoms with van der Waals surface area (Å²) in [4.78, 5) is 0. The van der Waals surface area contributed by atoms with Crippen molar-refractivity contribution in [3.05, 3.63) is 31.2 Å². The molecule has 0 aromatic rings. The summed E-state index contributed by atoms with van der Waals surface area (Å²) in [6.07, 6.45) is 23.4. The molecule has 0 aliphatic rings. The van der Waals surface area contributed by atoms with Gasteiger partial charge in [0.15, 0.2) is 0 Å². The summed E-state index contributed by atoms with van der Waals surface area (Å²) in [7, 11) is 0. The van der Waals surface area contributed by atoms with E-state index in [-0.39, 0.29) is 0 Å². The first-order valence-electron chi connectivity index (χ1n) is 7.51. The third kappa shape index (κ3) is 15.5. The lowest BCUT2D eigenvalue weighted by molar-refractivity contribution is 0.621. The van der Waals surface area contributed by atoms with Gasteiger partial charge in [0.1, 0.15) is 0 Å². The van der Waals surface area contributed by atoms with Crippen LogP contribution in [0.1, 0.15) is 77.6 Å². The lowest BCUT2D eigenvalue weighted by Crippen LogP contribution is -1.77. The number of unbranched alkanes of at least 4 members (excludes halogenated alkanes) is 8. The van der Waals surface area contributed by atoms with E-state index in [1.54, 1.807) is 0 Å². The highest BCUT2D eigenvalue weighted by Gasteiger charge is 1.87. The molecule has 0 bridgehead atoms. The topological polar surface area (TPSA) is 0 Å². The SMILES string of the molecule is [CH2]CCCCCCCC=CCCC=CCCC. The number of allylic oxidation sites excluding steroid dienone is 4. The van der Waals surface area contributed by atoms with E-state index in [0.29, 0.717) is 0 Å². The fraction of sp³-hybridized carbons (Fsp3) is 0.706. The second-order valence-corrected chi connectivity index (χ2v) is 4.72. The molecule has 0 aromatic heterocycles. The first-order chi connectivity index (χ1) is 8.41. The summed E-state index contributed by atoms with van der Waals surface area (Å²) in [6.45, 7) is 6.09. The highest BCUT2D eigenvalue weighted by molar-refractivity contribution is 4.87. The fourth-order valence-corrected chi connectivity index (χ4v) is 1.80. The number of hydrogen-bond donors (Lipinski definition) is 0. The quantitative estimate of drug-likeness (QED) is 0.277. The maximum absolute atomic E-state index is 3.86. The number of rotatable bonds is 12. The summed E-state index contributed by atoms with van der Waals surface area (Å²) in [5.41, 5.74) is 0. The highest BCUT2D eigenvalue weighted by atomic mass is 13.9. The zero-order valence-corrected chi connectivity index (χ0v) is 11.8.